The van der Waals surface area contributed by atoms with Crippen molar-refractivity contribution in [1.29, 1.82) is 0 Å². The molecule has 0 bridgehead atoms. The lowest BCUT2D eigenvalue weighted by atomic mass is 9.88. The van der Waals surface area contributed by atoms with Gasteiger partial charge in [0.1, 0.15) is 0 Å². The van der Waals surface area contributed by atoms with Crippen LogP contribution in [0.25, 0.3) is 0 Å². The summed E-state index contributed by atoms with van der Waals surface area (Å²) >= 11 is 0. The third-order valence-corrected chi connectivity index (χ3v) is 3.31. The minimum atomic E-state index is -0.0405. The van der Waals surface area contributed by atoms with E-state index in [1.165, 1.54) is 19.4 Å². The molecule has 3 heteroatoms. The van der Waals surface area contributed by atoms with Gasteiger partial charge < -0.3 is 15.7 Å². The van der Waals surface area contributed by atoms with Crippen molar-refractivity contribution in [3.63, 3.8) is 0 Å². The van der Waals surface area contributed by atoms with Gasteiger partial charge in [0.15, 0.2) is 0 Å². The lowest BCUT2D eigenvalue weighted by Gasteiger charge is -2.36. The molecule has 2 rings (SSSR count). The Balaban J connectivity index is 1.68. The highest BCUT2D eigenvalue weighted by atomic mass is 16.3. The maximum absolute atomic E-state index is 9.14. The zero-order chi connectivity index (χ0) is 9.26. The van der Waals surface area contributed by atoms with Gasteiger partial charge in [0.05, 0.1) is 6.10 Å². The summed E-state index contributed by atoms with van der Waals surface area (Å²) in [6, 6.07) is 1.77. The van der Waals surface area contributed by atoms with Crippen molar-refractivity contribution in [1.82, 2.24) is 10.6 Å². The smallest absolute Gasteiger partial charge is 0.0570 e. The molecule has 1 saturated heterocycles. The Morgan fingerprint density at radius 2 is 2.23 bits per heavy atom. The highest BCUT2D eigenvalue weighted by Crippen LogP contribution is 2.21. The molecule has 1 aliphatic carbocycles. The average Bonchev–Trinajstić information content (AvgIpc) is 2.53. The van der Waals surface area contributed by atoms with Gasteiger partial charge >= 0.3 is 0 Å². The van der Waals surface area contributed by atoms with E-state index in [4.69, 9.17) is 5.11 Å². The molecular formula is C10H20N2O. The molecule has 3 N–H and O–H groups in total. The van der Waals surface area contributed by atoms with E-state index in [2.05, 4.69) is 17.6 Å². The highest BCUT2D eigenvalue weighted by Gasteiger charge is 2.30. The summed E-state index contributed by atoms with van der Waals surface area (Å²) in [5.74, 6) is 0. The molecule has 1 heterocycles. The summed E-state index contributed by atoms with van der Waals surface area (Å²) in [6.07, 6.45) is 4.45. The monoisotopic (exact) mass is 184 g/mol. The van der Waals surface area contributed by atoms with E-state index < -0.39 is 0 Å². The molecule has 76 valence electrons. The topological polar surface area (TPSA) is 44.3 Å². The first-order valence-corrected chi connectivity index (χ1v) is 5.43. The predicted octanol–water partition coefficient (Wildman–Crippen LogP) is 0.240. The van der Waals surface area contributed by atoms with E-state index in [1.54, 1.807) is 0 Å². The number of hydrogen-bond donors (Lipinski definition) is 3. The summed E-state index contributed by atoms with van der Waals surface area (Å²) in [5, 5.41) is 16.2. The van der Waals surface area contributed by atoms with Gasteiger partial charge in [-0.05, 0) is 39.2 Å². The van der Waals surface area contributed by atoms with Gasteiger partial charge in [0, 0.05) is 18.1 Å². The third-order valence-electron chi connectivity index (χ3n) is 3.31. The minimum Gasteiger partial charge on any atom is -0.393 e. The van der Waals surface area contributed by atoms with Crippen molar-refractivity contribution in [2.24, 2.45) is 0 Å². The van der Waals surface area contributed by atoms with E-state index in [0.717, 1.165) is 12.8 Å². The van der Waals surface area contributed by atoms with Crippen LogP contribution in [-0.4, -0.2) is 35.9 Å². The fourth-order valence-corrected chi connectivity index (χ4v) is 2.35. The SMILES string of the molecule is CC(NC1CC(O)C1)C1CCCN1. The zero-order valence-corrected chi connectivity index (χ0v) is 8.29. The van der Waals surface area contributed by atoms with Crippen LogP contribution >= 0.6 is 0 Å². The fraction of sp³-hybridized carbons (Fsp3) is 1.00. The van der Waals surface area contributed by atoms with Crippen LogP contribution in [0.4, 0.5) is 0 Å². The van der Waals surface area contributed by atoms with E-state index in [1.807, 2.05) is 0 Å². The Labute approximate surface area is 79.9 Å². The zero-order valence-electron chi connectivity index (χ0n) is 8.29. The van der Waals surface area contributed by atoms with Crippen molar-refractivity contribution in [2.45, 2.75) is 56.8 Å². The molecule has 1 saturated carbocycles. The third kappa shape index (κ3) is 2.22. The van der Waals surface area contributed by atoms with Gasteiger partial charge in [-0.3, -0.25) is 0 Å². The van der Waals surface area contributed by atoms with Gasteiger partial charge in [-0.2, -0.15) is 0 Å². The van der Waals surface area contributed by atoms with Crippen molar-refractivity contribution < 1.29 is 5.11 Å². The number of nitrogens with one attached hydrogen (secondary N) is 2. The van der Waals surface area contributed by atoms with Crippen LogP contribution in [0.2, 0.25) is 0 Å². The van der Waals surface area contributed by atoms with Crippen molar-refractivity contribution in [2.75, 3.05) is 6.54 Å². The molecule has 3 nitrogen and oxygen atoms in total. The van der Waals surface area contributed by atoms with Crippen molar-refractivity contribution >= 4 is 0 Å². The number of rotatable bonds is 3. The molecule has 2 unspecified atom stereocenters. The Morgan fingerprint density at radius 3 is 2.77 bits per heavy atom. The number of aliphatic hydroxyl groups is 1. The van der Waals surface area contributed by atoms with E-state index in [9.17, 15) is 0 Å². The predicted molar refractivity (Wildman–Crippen MR) is 52.7 cm³/mol. The Morgan fingerprint density at radius 1 is 1.46 bits per heavy atom. The summed E-state index contributed by atoms with van der Waals surface area (Å²) < 4.78 is 0. The van der Waals surface area contributed by atoms with Crippen LogP contribution in [0, 0.1) is 0 Å². The molecular weight excluding hydrogens is 164 g/mol. The van der Waals surface area contributed by atoms with Crippen molar-refractivity contribution in [3.05, 3.63) is 0 Å². The lowest BCUT2D eigenvalue weighted by molar-refractivity contribution is 0.0568. The second-order valence-electron chi connectivity index (χ2n) is 4.48. The molecule has 0 aromatic rings. The Bertz CT molecular complexity index is 162. The number of hydrogen-bond acceptors (Lipinski definition) is 3. The van der Waals surface area contributed by atoms with Crippen LogP contribution in [0.3, 0.4) is 0 Å². The standard InChI is InChI=1S/C10H20N2O/c1-7(10-3-2-4-11-10)12-8-5-9(13)6-8/h7-13H,2-6H2,1H3. The molecule has 2 fully saturated rings. The highest BCUT2D eigenvalue weighted by molar-refractivity contribution is 4.91. The maximum Gasteiger partial charge on any atom is 0.0570 e. The molecule has 0 radical (unpaired) electrons. The van der Waals surface area contributed by atoms with Gasteiger partial charge in [0.2, 0.25) is 0 Å². The molecule has 0 spiro atoms. The van der Waals surface area contributed by atoms with Crippen LogP contribution < -0.4 is 10.6 Å². The van der Waals surface area contributed by atoms with E-state index in [-0.39, 0.29) is 6.10 Å². The molecule has 0 aromatic carbocycles. The summed E-state index contributed by atoms with van der Waals surface area (Å²) in [4.78, 5) is 0. The molecule has 2 aliphatic rings. The first-order chi connectivity index (χ1) is 6.25. The fourth-order valence-electron chi connectivity index (χ4n) is 2.35. The first-order valence-electron chi connectivity index (χ1n) is 5.43. The molecule has 2 atom stereocenters. The average molecular weight is 184 g/mol. The summed E-state index contributed by atoms with van der Waals surface area (Å²) in [7, 11) is 0. The lowest BCUT2D eigenvalue weighted by Crippen LogP contribution is -2.53. The first kappa shape index (κ1) is 9.44. The van der Waals surface area contributed by atoms with Crippen LogP contribution in [0.15, 0.2) is 0 Å². The van der Waals surface area contributed by atoms with Crippen molar-refractivity contribution in [3.8, 4) is 0 Å². The Hall–Kier alpha value is -0.120. The quantitative estimate of drug-likeness (QED) is 0.589. The molecule has 0 aromatic heterocycles. The van der Waals surface area contributed by atoms with Gasteiger partial charge in [-0.1, -0.05) is 0 Å². The second-order valence-corrected chi connectivity index (χ2v) is 4.48. The van der Waals surface area contributed by atoms with Gasteiger partial charge in [-0.25, -0.2) is 0 Å². The number of aliphatic hydroxyl groups excluding tert-OH is 1. The largest absolute Gasteiger partial charge is 0.393 e. The molecule has 1 aliphatic heterocycles. The van der Waals surface area contributed by atoms with Crippen LogP contribution in [-0.2, 0) is 0 Å². The molecule has 0 amide bonds. The van der Waals surface area contributed by atoms with E-state index in [0.29, 0.717) is 18.1 Å². The maximum atomic E-state index is 9.14. The Kier molecular flexibility index (Phi) is 2.86. The molecule has 13 heavy (non-hydrogen) atoms. The van der Waals surface area contributed by atoms with Crippen LogP contribution in [0.5, 0.6) is 0 Å². The minimum absolute atomic E-state index is 0.0405. The van der Waals surface area contributed by atoms with E-state index >= 15 is 0 Å². The normalized spacial score (nSPS) is 41.5. The van der Waals surface area contributed by atoms with Gasteiger partial charge in [-0.15, -0.1) is 0 Å². The van der Waals surface area contributed by atoms with Crippen LogP contribution in [0.1, 0.15) is 32.6 Å². The summed E-state index contributed by atoms with van der Waals surface area (Å²) in [5.41, 5.74) is 0. The second kappa shape index (κ2) is 3.95. The van der Waals surface area contributed by atoms with Gasteiger partial charge in [0.25, 0.3) is 0 Å². The summed E-state index contributed by atoms with van der Waals surface area (Å²) in [6.45, 7) is 3.41.